The van der Waals surface area contributed by atoms with E-state index in [-0.39, 0.29) is 0 Å². The fourth-order valence-electron chi connectivity index (χ4n) is 0.992. The van der Waals surface area contributed by atoms with Crippen LogP contribution in [0.25, 0.3) is 0 Å². The average molecular weight is 323 g/mol. The van der Waals surface area contributed by atoms with Gasteiger partial charge in [0.15, 0.2) is 5.25 Å². The van der Waals surface area contributed by atoms with E-state index in [0.717, 1.165) is 7.11 Å². The van der Waals surface area contributed by atoms with Crippen molar-refractivity contribution in [3.63, 3.8) is 0 Å². The summed E-state index contributed by atoms with van der Waals surface area (Å²) in [5, 5.41) is -1.28. The lowest BCUT2D eigenvalue weighted by atomic mass is 10.4. The van der Waals surface area contributed by atoms with Gasteiger partial charge in [-0.25, -0.2) is 8.42 Å². The van der Waals surface area contributed by atoms with Gasteiger partial charge in [0, 0.05) is 12.4 Å². The first-order valence-electron chi connectivity index (χ1n) is 4.57. The first kappa shape index (κ1) is 13.9. The van der Waals surface area contributed by atoms with Gasteiger partial charge in [-0.3, -0.25) is 14.5 Å². The topological polar surface area (TPSA) is 85.4 Å². The molecule has 1 aromatic rings. The standard InChI is InChI=1S/C9H11BrN2O4S/c1-6(9(13)16-2)17(14,15)12-8-3-4-11-5-7(8)10/h3-6H,1-2H3,(H,11,12). The summed E-state index contributed by atoms with van der Waals surface area (Å²) in [6.07, 6.45) is 2.88. The number of nitrogens with one attached hydrogen (secondary N) is 1. The van der Waals surface area contributed by atoms with Crippen LogP contribution in [0.1, 0.15) is 6.92 Å². The molecule has 1 heterocycles. The van der Waals surface area contributed by atoms with Gasteiger partial charge in [-0.1, -0.05) is 0 Å². The van der Waals surface area contributed by atoms with Crippen LogP contribution in [0.4, 0.5) is 5.69 Å². The van der Waals surface area contributed by atoms with Gasteiger partial charge in [-0.05, 0) is 28.9 Å². The summed E-state index contributed by atoms with van der Waals surface area (Å²) in [5.74, 6) is -0.817. The molecule has 1 aromatic heterocycles. The molecule has 8 heteroatoms. The molecule has 0 spiro atoms. The second-order valence-electron chi connectivity index (χ2n) is 3.17. The number of hydrogen-bond acceptors (Lipinski definition) is 5. The second kappa shape index (κ2) is 5.46. The van der Waals surface area contributed by atoms with Crippen LogP contribution < -0.4 is 4.72 Å². The SMILES string of the molecule is COC(=O)C(C)S(=O)(=O)Nc1ccncc1Br. The first-order chi connectivity index (χ1) is 7.88. The van der Waals surface area contributed by atoms with Gasteiger partial charge in [0.2, 0.25) is 10.0 Å². The predicted octanol–water partition coefficient (Wildman–Crippen LogP) is 1.15. The van der Waals surface area contributed by atoms with Crippen molar-refractivity contribution in [2.24, 2.45) is 0 Å². The van der Waals surface area contributed by atoms with Gasteiger partial charge in [-0.15, -0.1) is 0 Å². The largest absolute Gasteiger partial charge is 0.468 e. The molecule has 0 fully saturated rings. The third-order valence-electron chi connectivity index (χ3n) is 2.02. The fraction of sp³-hybridized carbons (Fsp3) is 0.333. The molecule has 0 amide bonds. The van der Waals surface area contributed by atoms with Gasteiger partial charge in [-0.2, -0.15) is 0 Å². The Morgan fingerprint density at radius 3 is 2.76 bits per heavy atom. The van der Waals surface area contributed by atoms with Crippen molar-refractivity contribution in [3.05, 3.63) is 22.9 Å². The Hall–Kier alpha value is -1.15. The lowest BCUT2D eigenvalue weighted by Crippen LogP contribution is -2.33. The van der Waals surface area contributed by atoms with E-state index in [1.165, 1.54) is 25.4 Å². The van der Waals surface area contributed by atoms with Crippen molar-refractivity contribution in [1.29, 1.82) is 0 Å². The number of esters is 1. The molecule has 0 bridgehead atoms. The third kappa shape index (κ3) is 3.40. The summed E-state index contributed by atoms with van der Waals surface area (Å²) in [6, 6.07) is 1.48. The number of anilines is 1. The monoisotopic (exact) mass is 322 g/mol. The fourth-order valence-corrected chi connectivity index (χ4v) is 2.48. The Morgan fingerprint density at radius 1 is 1.59 bits per heavy atom. The Labute approximate surface area is 108 Å². The molecule has 17 heavy (non-hydrogen) atoms. The van der Waals surface area contributed by atoms with Gasteiger partial charge in [0.1, 0.15) is 0 Å². The van der Waals surface area contributed by atoms with Crippen molar-refractivity contribution < 1.29 is 17.9 Å². The normalized spacial score (nSPS) is 12.9. The minimum absolute atomic E-state index is 0.316. The molecule has 94 valence electrons. The molecule has 0 aliphatic heterocycles. The lowest BCUT2D eigenvalue weighted by Gasteiger charge is -2.13. The molecule has 1 rings (SSSR count). The number of rotatable bonds is 4. The van der Waals surface area contributed by atoms with Crippen molar-refractivity contribution in [2.75, 3.05) is 11.8 Å². The highest BCUT2D eigenvalue weighted by atomic mass is 79.9. The molecule has 0 saturated heterocycles. The van der Waals surface area contributed by atoms with Gasteiger partial charge >= 0.3 is 5.97 Å². The maximum atomic E-state index is 11.8. The molecule has 0 aliphatic rings. The minimum atomic E-state index is -3.83. The highest BCUT2D eigenvalue weighted by Crippen LogP contribution is 2.22. The maximum absolute atomic E-state index is 11.8. The highest BCUT2D eigenvalue weighted by molar-refractivity contribution is 9.10. The molecule has 1 N–H and O–H groups in total. The van der Waals surface area contributed by atoms with Gasteiger partial charge in [0.25, 0.3) is 0 Å². The summed E-state index contributed by atoms with van der Waals surface area (Å²) >= 11 is 3.15. The maximum Gasteiger partial charge on any atom is 0.325 e. The quantitative estimate of drug-likeness (QED) is 0.840. The van der Waals surface area contributed by atoms with E-state index < -0.39 is 21.2 Å². The van der Waals surface area contributed by atoms with Crippen LogP contribution in [-0.4, -0.2) is 31.7 Å². The number of carbonyl (C=O) groups is 1. The number of aromatic nitrogens is 1. The smallest absolute Gasteiger partial charge is 0.325 e. The molecule has 0 radical (unpaired) electrons. The molecule has 0 aromatic carbocycles. The zero-order valence-electron chi connectivity index (χ0n) is 9.18. The number of carbonyl (C=O) groups excluding carboxylic acids is 1. The van der Waals surface area contributed by atoms with Crippen LogP contribution in [0.2, 0.25) is 0 Å². The van der Waals surface area contributed by atoms with Gasteiger partial charge < -0.3 is 4.74 Å². The molecule has 6 nitrogen and oxygen atoms in total. The molecule has 1 unspecified atom stereocenters. The number of nitrogens with zero attached hydrogens (tertiary/aromatic N) is 1. The summed E-state index contributed by atoms with van der Waals surface area (Å²) in [6.45, 7) is 1.25. The number of ether oxygens (including phenoxy) is 1. The Kier molecular flexibility index (Phi) is 4.47. The van der Waals surface area contributed by atoms with Gasteiger partial charge in [0.05, 0.1) is 17.3 Å². The minimum Gasteiger partial charge on any atom is -0.468 e. The van der Waals surface area contributed by atoms with E-state index in [0.29, 0.717) is 10.2 Å². The van der Waals surface area contributed by atoms with E-state index in [9.17, 15) is 13.2 Å². The lowest BCUT2D eigenvalue weighted by molar-refractivity contribution is -0.139. The summed E-state index contributed by atoms with van der Waals surface area (Å²) < 4.78 is 30.8. The van der Waals surface area contributed by atoms with Crippen LogP contribution in [0, 0.1) is 0 Å². The molecule has 0 aliphatic carbocycles. The van der Waals surface area contributed by atoms with Crippen LogP contribution in [0.15, 0.2) is 22.9 Å². The molecule has 0 saturated carbocycles. The summed E-state index contributed by atoms with van der Waals surface area (Å²) in [4.78, 5) is 15.0. The number of sulfonamides is 1. The van der Waals surface area contributed by atoms with E-state index >= 15 is 0 Å². The number of hydrogen-bond donors (Lipinski definition) is 1. The number of methoxy groups -OCH3 is 1. The van der Waals surface area contributed by atoms with Crippen LogP contribution >= 0.6 is 15.9 Å². The van der Waals surface area contributed by atoms with Crippen LogP contribution in [0.3, 0.4) is 0 Å². The van der Waals surface area contributed by atoms with Crippen molar-refractivity contribution in [3.8, 4) is 0 Å². The second-order valence-corrected chi connectivity index (χ2v) is 6.02. The zero-order chi connectivity index (χ0) is 13.1. The molecule has 1 atom stereocenters. The third-order valence-corrected chi connectivity index (χ3v) is 4.28. The Bertz CT molecular complexity index is 517. The molecular formula is C9H11BrN2O4S. The predicted molar refractivity (Wildman–Crippen MR) is 66.0 cm³/mol. The first-order valence-corrected chi connectivity index (χ1v) is 6.91. The van der Waals surface area contributed by atoms with E-state index in [1.807, 2.05) is 0 Å². The number of pyridine rings is 1. The molecular weight excluding hydrogens is 312 g/mol. The van der Waals surface area contributed by atoms with Crippen molar-refractivity contribution in [1.82, 2.24) is 4.98 Å². The van der Waals surface area contributed by atoms with E-state index in [1.54, 1.807) is 0 Å². The van der Waals surface area contributed by atoms with Crippen LogP contribution in [0.5, 0.6) is 0 Å². The summed E-state index contributed by atoms with van der Waals surface area (Å²) in [7, 11) is -2.69. The zero-order valence-corrected chi connectivity index (χ0v) is 11.6. The van der Waals surface area contributed by atoms with Crippen LogP contribution in [-0.2, 0) is 19.6 Å². The Balaban J connectivity index is 2.95. The van der Waals surface area contributed by atoms with Crippen molar-refractivity contribution in [2.45, 2.75) is 12.2 Å². The van der Waals surface area contributed by atoms with Crippen molar-refractivity contribution >= 4 is 37.6 Å². The van der Waals surface area contributed by atoms with E-state index in [4.69, 9.17) is 0 Å². The summed E-state index contributed by atoms with van der Waals surface area (Å²) in [5.41, 5.74) is 0.316. The number of halogens is 1. The average Bonchev–Trinajstić information content (AvgIpc) is 2.30. The Morgan fingerprint density at radius 2 is 2.24 bits per heavy atom. The van der Waals surface area contributed by atoms with E-state index in [2.05, 4.69) is 30.4 Å². The highest BCUT2D eigenvalue weighted by Gasteiger charge is 2.29.